The van der Waals surface area contributed by atoms with E-state index in [1.807, 2.05) is 6.92 Å². The molecule has 3 N–H and O–H groups in total. The SMILES string of the molecule is CC1(C(NN)c2cnccc2C(F)(F)F)CCCCC1. The topological polar surface area (TPSA) is 50.9 Å². The Morgan fingerprint density at radius 3 is 2.50 bits per heavy atom. The number of hydrogen-bond acceptors (Lipinski definition) is 3. The van der Waals surface area contributed by atoms with Crippen LogP contribution in [0.5, 0.6) is 0 Å². The minimum Gasteiger partial charge on any atom is -0.271 e. The monoisotopic (exact) mass is 287 g/mol. The molecule has 1 aromatic rings. The van der Waals surface area contributed by atoms with Gasteiger partial charge in [0.1, 0.15) is 0 Å². The zero-order valence-corrected chi connectivity index (χ0v) is 11.5. The maximum atomic E-state index is 13.1. The quantitative estimate of drug-likeness (QED) is 0.660. The first-order valence-corrected chi connectivity index (χ1v) is 6.86. The van der Waals surface area contributed by atoms with Gasteiger partial charge in [0.2, 0.25) is 0 Å². The number of halogens is 3. The molecule has 112 valence electrons. The molecular formula is C14H20F3N3. The Morgan fingerprint density at radius 1 is 1.30 bits per heavy atom. The van der Waals surface area contributed by atoms with Gasteiger partial charge in [-0.15, -0.1) is 0 Å². The van der Waals surface area contributed by atoms with Crippen LogP contribution in [0.25, 0.3) is 0 Å². The molecule has 0 radical (unpaired) electrons. The third-order valence-electron chi connectivity index (χ3n) is 4.33. The van der Waals surface area contributed by atoms with Crippen molar-refractivity contribution in [3.63, 3.8) is 0 Å². The van der Waals surface area contributed by atoms with Crippen molar-refractivity contribution in [1.29, 1.82) is 0 Å². The number of hydrogen-bond donors (Lipinski definition) is 2. The highest BCUT2D eigenvalue weighted by atomic mass is 19.4. The molecule has 1 saturated carbocycles. The van der Waals surface area contributed by atoms with Gasteiger partial charge in [0, 0.05) is 18.0 Å². The standard InChI is InChI=1S/C14H20F3N3/c1-13(6-3-2-4-7-13)12(20-18)10-9-19-8-5-11(10)14(15,16)17/h5,8-9,12,20H,2-4,6-7,18H2,1H3. The second kappa shape index (κ2) is 5.69. The van der Waals surface area contributed by atoms with Crippen molar-refractivity contribution < 1.29 is 13.2 Å². The molecule has 3 nitrogen and oxygen atoms in total. The van der Waals surface area contributed by atoms with E-state index in [0.29, 0.717) is 0 Å². The molecule has 0 saturated heterocycles. The van der Waals surface area contributed by atoms with Gasteiger partial charge in [-0.05, 0) is 24.3 Å². The maximum Gasteiger partial charge on any atom is 0.416 e. The number of nitrogens with one attached hydrogen (secondary N) is 1. The number of hydrazine groups is 1. The van der Waals surface area contributed by atoms with Gasteiger partial charge in [0.15, 0.2) is 0 Å². The van der Waals surface area contributed by atoms with Gasteiger partial charge in [-0.2, -0.15) is 13.2 Å². The highest BCUT2D eigenvalue weighted by Crippen LogP contribution is 2.47. The summed E-state index contributed by atoms with van der Waals surface area (Å²) in [7, 11) is 0. The Labute approximate surface area is 116 Å². The third kappa shape index (κ3) is 2.96. The first-order valence-electron chi connectivity index (χ1n) is 6.86. The Bertz CT molecular complexity index is 453. The Balaban J connectivity index is 2.42. The summed E-state index contributed by atoms with van der Waals surface area (Å²) < 4.78 is 39.4. The highest BCUT2D eigenvalue weighted by molar-refractivity contribution is 5.30. The molecule has 0 amide bonds. The molecule has 1 fully saturated rings. The minimum absolute atomic E-state index is 0.145. The van der Waals surface area contributed by atoms with Crippen LogP contribution in [0.15, 0.2) is 18.5 Å². The van der Waals surface area contributed by atoms with Crippen LogP contribution >= 0.6 is 0 Å². The van der Waals surface area contributed by atoms with Crippen molar-refractivity contribution >= 4 is 0 Å². The molecule has 1 unspecified atom stereocenters. The summed E-state index contributed by atoms with van der Waals surface area (Å²) in [5, 5.41) is 0. The van der Waals surface area contributed by atoms with E-state index in [9.17, 15) is 13.2 Å². The van der Waals surface area contributed by atoms with Gasteiger partial charge >= 0.3 is 6.18 Å². The maximum absolute atomic E-state index is 13.1. The van der Waals surface area contributed by atoms with E-state index < -0.39 is 17.8 Å². The van der Waals surface area contributed by atoms with E-state index in [0.717, 1.165) is 38.2 Å². The molecular weight excluding hydrogens is 267 g/mol. The van der Waals surface area contributed by atoms with Crippen LogP contribution in [0.3, 0.4) is 0 Å². The van der Waals surface area contributed by atoms with Crippen LogP contribution in [0, 0.1) is 5.41 Å². The van der Waals surface area contributed by atoms with Gasteiger partial charge in [0.25, 0.3) is 0 Å². The largest absolute Gasteiger partial charge is 0.416 e. The summed E-state index contributed by atoms with van der Waals surface area (Å²) in [6.07, 6.45) is 2.98. The van der Waals surface area contributed by atoms with Crippen molar-refractivity contribution in [3.05, 3.63) is 29.6 Å². The number of nitrogens with zero attached hydrogens (tertiary/aromatic N) is 1. The molecule has 1 aromatic heterocycles. The van der Waals surface area contributed by atoms with Crippen molar-refractivity contribution in [2.75, 3.05) is 0 Å². The van der Waals surface area contributed by atoms with Crippen LogP contribution < -0.4 is 11.3 Å². The lowest BCUT2D eigenvalue weighted by Gasteiger charge is -2.41. The lowest BCUT2D eigenvalue weighted by molar-refractivity contribution is -0.138. The third-order valence-corrected chi connectivity index (χ3v) is 4.33. The molecule has 0 bridgehead atoms. The summed E-state index contributed by atoms with van der Waals surface area (Å²) in [4.78, 5) is 3.86. The Hall–Kier alpha value is -1.14. The van der Waals surface area contributed by atoms with Crippen molar-refractivity contribution in [2.24, 2.45) is 11.3 Å². The van der Waals surface area contributed by atoms with Crippen LogP contribution in [-0.2, 0) is 6.18 Å². The average Bonchev–Trinajstić information content (AvgIpc) is 2.39. The summed E-state index contributed by atoms with van der Waals surface area (Å²) in [6, 6.07) is 0.486. The number of nitrogens with two attached hydrogens (primary N) is 1. The second-order valence-electron chi connectivity index (χ2n) is 5.78. The zero-order valence-electron chi connectivity index (χ0n) is 11.5. The molecule has 20 heavy (non-hydrogen) atoms. The van der Waals surface area contributed by atoms with E-state index in [1.165, 1.54) is 12.4 Å². The van der Waals surface area contributed by atoms with Crippen molar-refractivity contribution in [2.45, 2.75) is 51.2 Å². The number of alkyl halides is 3. The first-order chi connectivity index (χ1) is 9.38. The molecule has 0 aliphatic heterocycles. The molecule has 6 heteroatoms. The summed E-state index contributed by atoms with van der Waals surface area (Å²) in [5.41, 5.74) is 1.83. The van der Waals surface area contributed by atoms with Gasteiger partial charge in [-0.3, -0.25) is 16.3 Å². The number of aromatic nitrogens is 1. The molecule has 0 spiro atoms. The zero-order chi connectivity index (χ0) is 14.8. The molecule has 0 aromatic carbocycles. The predicted octanol–water partition coefficient (Wildman–Crippen LogP) is 3.58. The molecule has 1 aliphatic rings. The Kier molecular flexibility index (Phi) is 4.34. The minimum atomic E-state index is -4.39. The van der Waals surface area contributed by atoms with E-state index >= 15 is 0 Å². The van der Waals surface area contributed by atoms with E-state index in [-0.39, 0.29) is 11.0 Å². The fourth-order valence-corrected chi connectivity index (χ4v) is 3.21. The normalized spacial score (nSPS) is 20.6. The van der Waals surface area contributed by atoms with Gasteiger partial charge in [0.05, 0.1) is 11.6 Å². The van der Waals surface area contributed by atoms with Crippen molar-refractivity contribution in [1.82, 2.24) is 10.4 Å². The van der Waals surface area contributed by atoms with Crippen LogP contribution in [0.2, 0.25) is 0 Å². The molecule has 2 rings (SSSR count). The lowest BCUT2D eigenvalue weighted by Crippen LogP contribution is -2.42. The predicted molar refractivity (Wildman–Crippen MR) is 70.5 cm³/mol. The smallest absolute Gasteiger partial charge is 0.271 e. The summed E-state index contributed by atoms with van der Waals surface area (Å²) >= 11 is 0. The Morgan fingerprint density at radius 2 is 1.95 bits per heavy atom. The van der Waals surface area contributed by atoms with Crippen LogP contribution in [0.4, 0.5) is 13.2 Å². The van der Waals surface area contributed by atoms with Gasteiger partial charge in [-0.25, -0.2) is 0 Å². The fraction of sp³-hybridized carbons (Fsp3) is 0.643. The van der Waals surface area contributed by atoms with Crippen LogP contribution in [0.1, 0.15) is 56.2 Å². The van der Waals surface area contributed by atoms with E-state index in [2.05, 4.69) is 10.4 Å². The first kappa shape index (κ1) is 15.3. The van der Waals surface area contributed by atoms with E-state index in [1.54, 1.807) is 0 Å². The van der Waals surface area contributed by atoms with Gasteiger partial charge in [-0.1, -0.05) is 26.2 Å². The lowest BCUT2D eigenvalue weighted by atomic mass is 9.68. The van der Waals surface area contributed by atoms with Crippen molar-refractivity contribution in [3.8, 4) is 0 Å². The van der Waals surface area contributed by atoms with E-state index in [4.69, 9.17) is 5.84 Å². The highest BCUT2D eigenvalue weighted by Gasteiger charge is 2.41. The number of rotatable bonds is 3. The molecule has 1 aliphatic carbocycles. The average molecular weight is 287 g/mol. The fourth-order valence-electron chi connectivity index (χ4n) is 3.21. The number of pyridine rings is 1. The molecule has 1 heterocycles. The summed E-state index contributed by atoms with van der Waals surface area (Å²) in [5.74, 6) is 5.59. The van der Waals surface area contributed by atoms with Gasteiger partial charge < -0.3 is 0 Å². The van der Waals surface area contributed by atoms with Crippen LogP contribution in [-0.4, -0.2) is 4.98 Å². The molecule has 1 atom stereocenters. The second-order valence-corrected chi connectivity index (χ2v) is 5.78. The summed E-state index contributed by atoms with van der Waals surface area (Å²) in [6.45, 7) is 2.00.